The number of thiazole rings is 1. The maximum absolute atomic E-state index is 12.6. The zero-order valence-electron chi connectivity index (χ0n) is 18.4. The second-order valence-corrected chi connectivity index (χ2v) is 8.55. The van der Waals surface area contributed by atoms with Gasteiger partial charge in [0.1, 0.15) is 10.7 Å². The maximum atomic E-state index is 12.6. The molecule has 3 aromatic rings. The van der Waals surface area contributed by atoms with Crippen LogP contribution in [0.3, 0.4) is 0 Å². The first kappa shape index (κ1) is 23.6. The summed E-state index contributed by atoms with van der Waals surface area (Å²) in [7, 11) is 0. The summed E-state index contributed by atoms with van der Waals surface area (Å²) in [6.45, 7) is 5.18. The Morgan fingerprint density at radius 3 is 2.73 bits per heavy atom. The van der Waals surface area contributed by atoms with Gasteiger partial charge in [0.15, 0.2) is 5.13 Å². The topological polar surface area (TPSA) is 141 Å². The van der Waals surface area contributed by atoms with Crippen LogP contribution in [0.25, 0.3) is 10.8 Å². The van der Waals surface area contributed by atoms with Crippen molar-refractivity contribution in [1.29, 1.82) is 10.5 Å². The summed E-state index contributed by atoms with van der Waals surface area (Å²) in [6.07, 6.45) is 1.40. The molecule has 2 aromatic heterocycles. The smallest absolute Gasteiger partial charge is 0.350 e. The number of rotatable bonds is 8. The van der Waals surface area contributed by atoms with Crippen molar-refractivity contribution in [2.75, 3.05) is 10.6 Å². The molecule has 0 saturated heterocycles. The quantitative estimate of drug-likeness (QED) is 0.475. The number of esters is 1. The highest BCUT2D eigenvalue weighted by Gasteiger charge is 2.21. The Hall–Kier alpha value is -4.02. The van der Waals surface area contributed by atoms with Gasteiger partial charge in [-0.1, -0.05) is 17.4 Å². The van der Waals surface area contributed by atoms with E-state index in [-0.39, 0.29) is 30.0 Å². The molecule has 0 aliphatic carbocycles. The second-order valence-electron chi connectivity index (χ2n) is 7.55. The lowest BCUT2D eigenvalue weighted by atomic mass is 10.1. The lowest BCUT2D eigenvalue weighted by Crippen LogP contribution is -2.26. The van der Waals surface area contributed by atoms with Gasteiger partial charge in [-0.05, 0) is 44.4 Å². The van der Waals surface area contributed by atoms with Crippen molar-refractivity contribution in [3.63, 3.8) is 0 Å². The molecule has 10 heteroatoms. The molecular formula is C23H22N6O3S. The number of nitrogens with zero attached hydrogens (tertiary/aromatic N) is 4. The van der Waals surface area contributed by atoms with Crippen LogP contribution in [0.2, 0.25) is 0 Å². The van der Waals surface area contributed by atoms with E-state index in [9.17, 15) is 20.1 Å². The van der Waals surface area contributed by atoms with E-state index in [0.29, 0.717) is 22.0 Å². The lowest BCUT2D eigenvalue weighted by molar-refractivity contribution is -0.116. The largest absolute Gasteiger partial charge is 0.459 e. The summed E-state index contributed by atoms with van der Waals surface area (Å²) in [6, 6.07) is 10.7. The van der Waals surface area contributed by atoms with E-state index in [2.05, 4.69) is 32.7 Å². The van der Waals surface area contributed by atoms with Crippen molar-refractivity contribution in [3.05, 3.63) is 46.6 Å². The van der Waals surface area contributed by atoms with Gasteiger partial charge in [-0.3, -0.25) is 4.79 Å². The number of carbonyl (C=O) groups excluding carboxylic acids is 2. The molecule has 1 amide bonds. The third-order valence-corrected chi connectivity index (χ3v) is 5.63. The molecule has 168 valence electrons. The minimum absolute atomic E-state index is 0.0199. The average molecular weight is 463 g/mol. The molecule has 2 heterocycles. The summed E-state index contributed by atoms with van der Waals surface area (Å²) >= 11 is 1.04. The van der Waals surface area contributed by atoms with E-state index in [1.165, 1.54) is 0 Å². The number of anilines is 2. The van der Waals surface area contributed by atoms with Gasteiger partial charge in [0.25, 0.3) is 0 Å². The van der Waals surface area contributed by atoms with E-state index in [1.807, 2.05) is 12.1 Å². The maximum Gasteiger partial charge on any atom is 0.350 e. The third-order valence-electron chi connectivity index (χ3n) is 4.58. The molecule has 0 bridgehead atoms. The van der Waals surface area contributed by atoms with Crippen molar-refractivity contribution >= 4 is 44.9 Å². The summed E-state index contributed by atoms with van der Waals surface area (Å²) in [5, 5.41) is 26.2. The van der Waals surface area contributed by atoms with Crippen molar-refractivity contribution in [1.82, 2.24) is 9.97 Å². The highest BCUT2D eigenvalue weighted by atomic mass is 32.1. The molecule has 1 aromatic carbocycles. The van der Waals surface area contributed by atoms with Crippen molar-refractivity contribution < 1.29 is 14.3 Å². The van der Waals surface area contributed by atoms with E-state index in [0.717, 1.165) is 22.1 Å². The number of nitriles is 2. The molecule has 0 spiro atoms. The molecule has 0 fully saturated rings. The Morgan fingerprint density at radius 2 is 2.03 bits per heavy atom. The van der Waals surface area contributed by atoms with Gasteiger partial charge in [-0.2, -0.15) is 10.5 Å². The number of fused-ring (bicyclic) bond motifs is 1. The Bertz CT molecular complexity index is 1270. The molecule has 2 N–H and O–H groups in total. The number of hydrogen-bond acceptors (Lipinski definition) is 9. The number of nitrogens with one attached hydrogen (secondary N) is 2. The normalized spacial score (nSPS) is 11.5. The average Bonchev–Trinajstić information content (AvgIpc) is 3.13. The number of ether oxygens (including phenoxy) is 1. The molecular weight excluding hydrogens is 440 g/mol. The third kappa shape index (κ3) is 6.03. The highest BCUT2D eigenvalue weighted by molar-refractivity contribution is 7.17. The molecule has 0 radical (unpaired) electrons. The van der Waals surface area contributed by atoms with E-state index < -0.39 is 12.0 Å². The first-order valence-electron chi connectivity index (χ1n) is 10.2. The summed E-state index contributed by atoms with van der Waals surface area (Å²) < 4.78 is 5.20. The van der Waals surface area contributed by atoms with E-state index >= 15 is 0 Å². The minimum atomic E-state index is -0.523. The summed E-state index contributed by atoms with van der Waals surface area (Å²) in [5.41, 5.74) is 0.958. The van der Waals surface area contributed by atoms with Gasteiger partial charge in [-0.15, -0.1) is 0 Å². The molecule has 0 aliphatic heterocycles. The number of aryl methyl sites for hydroxylation is 1. The van der Waals surface area contributed by atoms with Gasteiger partial charge in [-0.25, -0.2) is 14.8 Å². The Kier molecular flexibility index (Phi) is 7.54. The van der Waals surface area contributed by atoms with E-state index in [4.69, 9.17) is 4.74 Å². The number of benzene rings is 1. The molecule has 1 atom stereocenters. The van der Waals surface area contributed by atoms with Gasteiger partial charge < -0.3 is 15.4 Å². The Labute approximate surface area is 195 Å². The molecule has 9 nitrogen and oxygen atoms in total. The van der Waals surface area contributed by atoms with Crippen LogP contribution in [0.4, 0.5) is 10.9 Å². The van der Waals surface area contributed by atoms with Crippen LogP contribution in [0, 0.1) is 29.6 Å². The molecule has 33 heavy (non-hydrogen) atoms. The van der Waals surface area contributed by atoms with Gasteiger partial charge in [0.2, 0.25) is 5.91 Å². The first-order chi connectivity index (χ1) is 15.8. The monoisotopic (exact) mass is 462 g/mol. The van der Waals surface area contributed by atoms with Crippen LogP contribution in [-0.4, -0.2) is 34.0 Å². The second kappa shape index (κ2) is 10.5. The van der Waals surface area contributed by atoms with Crippen molar-refractivity contribution in [2.24, 2.45) is 0 Å². The van der Waals surface area contributed by atoms with Gasteiger partial charge >= 0.3 is 5.97 Å². The summed E-state index contributed by atoms with van der Waals surface area (Å²) in [5.74, 6) is -0.358. The summed E-state index contributed by atoms with van der Waals surface area (Å²) in [4.78, 5) is 33.7. The number of aromatic nitrogens is 2. The van der Waals surface area contributed by atoms with Crippen LogP contribution in [0.15, 0.2) is 30.5 Å². The predicted molar refractivity (Wildman–Crippen MR) is 125 cm³/mol. The Morgan fingerprint density at radius 1 is 1.24 bits per heavy atom. The van der Waals surface area contributed by atoms with Crippen LogP contribution >= 0.6 is 11.3 Å². The van der Waals surface area contributed by atoms with Gasteiger partial charge in [0, 0.05) is 24.0 Å². The number of carbonyl (C=O) groups is 2. The molecule has 0 saturated carbocycles. The zero-order chi connectivity index (χ0) is 24.0. The Balaban J connectivity index is 1.73. The van der Waals surface area contributed by atoms with Crippen LogP contribution in [0.5, 0.6) is 0 Å². The van der Waals surface area contributed by atoms with Crippen LogP contribution < -0.4 is 10.6 Å². The number of amides is 1. The van der Waals surface area contributed by atoms with Crippen molar-refractivity contribution in [3.8, 4) is 12.1 Å². The predicted octanol–water partition coefficient (Wildman–Crippen LogP) is 4.16. The fourth-order valence-electron chi connectivity index (χ4n) is 3.13. The fraction of sp³-hybridized carbons (Fsp3) is 0.304. The molecule has 3 rings (SSSR count). The highest BCUT2D eigenvalue weighted by Crippen LogP contribution is 2.26. The van der Waals surface area contributed by atoms with Gasteiger partial charge in [0.05, 0.1) is 35.9 Å². The molecule has 1 unspecified atom stereocenters. The number of pyridine rings is 1. The fourth-order valence-corrected chi connectivity index (χ4v) is 4.00. The SMILES string of the molecule is Cc1nc(NC(=O)CC(CC#N)Nc2nccc3ccc(C#N)cc23)sc1C(=O)OC(C)C. The zero-order valence-corrected chi connectivity index (χ0v) is 19.2. The minimum Gasteiger partial charge on any atom is -0.459 e. The van der Waals surface area contributed by atoms with Crippen molar-refractivity contribution in [2.45, 2.75) is 45.8 Å². The number of hydrogen-bond donors (Lipinski definition) is 2. The molecule has 0 aliphatic rings. The van der Waals surface area contributed by atoms with Crippen LogP contribution in [-0.2, 0) is 9.53 Å². The first-order valence-corrected chi connectivity index (χ1v) is 11.0. The van der Waals surface area contributed by atoms with E-state index in [1.54, 1.807) is 39.1 Å². The van der Waals surface area contributed by atoms with Crippen LogP contribution in [0.1, 0.15) is 47.6 Å². The lowest BCUT2D eigenvalue weighted by Gasteiger charge is -2.17. The standard InChI is InChI=1S/C23H22N6O3S/c1-13(2)32-22(31)20-14(3)27-23(33-20)29-19(30)11-17(6-8-24)28-21-18-10-15(12-25)4-5-16(18)7-9-26-21/h4-5,7,9-10,13,17H,6,11H2,1-3H3,(H,26,28)(H,27,29,30).